The van der Waals surface area contributed by atoms with Crippen LogP contribution in [0.4, 0.5) is 0 Å². The van der Waals surface area contributed by atoms with Crippen LogP contribution in [0.15, 0.2) is 12.2 Å². The molecule has 20 heavy (non-hydrogen) atoms. The van der Waals surface area contributed by atoms with Gasteiger partial charge in [-0.25, -0.2) is 0 Å². The molecule has 0 aromatic heterocycles. The topological polar surface area (TPSA) is 57.6 Å². The van der Waals surface area contributed by atoms with Crippen LogP contribution in [0.1, 0.15) is 45.4 Å². The van der Waals surface area contributed by atoms with Gasteiger partial charge in [-0.3, -0.25) is 14.5 Å². The Balaban J connectivity index is 1.92. The largest absolute Gasteiger partial charge is 0.394 e. The first-order chi connectivity index (χ1) is 9.59. The van der Waals surface area contributed by atoms with Crippen molar-refractivity contribution in [2.24, 2.45) is 17.8 Å². The van der Waals surface area contributed by atoms with E-state index in [2.05, 4.69) is 6.92 Å². The van der Waals surface area contributed by atoms with Gasteiger partial charge in [-0.15, -0.1) is 0 Å². The van der Waals surface area contributed by atoms with E-state index >= 15 is 0 Å². The minimum absolute atomic E-state index is 0.0486. The van der Waals surface area contributed by atoms with Crippen molar-refractivity contribution in [1.29, 1.82) is 0 Å². The fourth-order valence-corrected chi connectivity index (χ4v) is 4.32. The lowest BCUT2D eigenvalue weighted by Gasteiger charge is -2.44. The van der Waals surface area contributed by atoms with Crippen molar-refractivity contribution in [2.75, 3.05) is 6.61 Å². The highest BCUT2D eigenvalue weighted by Gasteiger charge is 2.55. The lowest BCUT2D eigenvalue weighted by Crippen LogP contribution is -2.57. The number of aliphatic hydroxyl groups is 1. The maximum atomic E-state index is 12.7. The fraction of sp³-hybridized carbons (Fsp3) is 0.750. The number of carbonyl (C=O) groups excluding carboxylic acids is 2. The van der Waals surface area contributed by atoms with E-state index < -0.39 is 5.54 Å². The smallest absolute Gasteiger partial charge is 0.234 e. The molecule has 1 saturated carbocycles. The second-order valence-electron chi connectivity index (χ2n) is 6.75. The third-order valence-electron chi connectivity index (χ3n) is 5.34. The van der Waals surface area contributed by atoms with Crippen LogP contribution in [0.2, 0.25) is 0 Å². The zero-order valence-electron chi connectivity index (χ0n) is 12.0. The molecule has 2 aliphatic carbocycles. The van der Waals surface area contributed by atoms with E-state index in [9.17, 15) is 14.7 Å². The molecule has 0 spiro atoms. The third-order valence-corrected chi connectivity index (χ3v) is 5.34. The van der Waals surface area contributed by atoms with Crippen molar-refractivity contribution in [2.45, 2.75) is 51.0 Å². The predicted molar refractivity (Wildman–Crippen MR) is 74.7 cm³/mol. The van der Waals surface area contributed by atoms with Crippen molar-refractivity contribution >= 4 is 11.8 Å². The predicted octanol–water partition coefficient (Wildman–Crippen LogP) is 1.88. The molecule has 2 fully saturated rings. The average molecular weight is 277 g/mol. The fourth-order valence-electron chi connectivity index (χ4n) is 4.32. The highest BCUT2D eigenvalue weighted by molar-refractivity contribution is 6.06. The number of imide groups is 1. The first-order valence-electron chi connectivity index (χ1n) is 7.73. The molecule has 1 saturated heterocycles. The van der Waals surface area contributed by atoms with Crippen LogP contribution in [0.25, 0.3) is 0 Å². The molecule has 1 N–H and O–H groups in total. The number of rotatable bonds is 2. The van der Waals surface area contributed by atoms with Gasteiger partial charge in [0.15, 0.2) is 0 Å². The Morgan fingerprint density at radius 2 is 1.85 bits per heavy atom. The summed E-state index contributed by atoms with van der Waals surface area (Å²) in [6.45, 7) is 2.05. The van der Waals surface area contributed by atoms with E-state index in [1.165, 1.54) is 4.90 Å². The van der Waals surface area contributed by atoms with Crippen molar-refractivity contribution in [3.63, 3.8) is 0 Å². The molecule has 2 amide bonds. The van der Waals surface area contributed by atoms with Crippen LogP contribution in [-0.2, 0) is 9.59 Å². The number of fused-ring (bicyclic) bond motifs is 1. The summed E-state index contributed by atoms with van der Waals surface area (Å²) in [5, 5.41) is 9.93. The maximum absolute atomic E-state index is 12.7. The second kappa shape index (κ2) is 4.99. The van der Waals surface area contributed by atoms with Gasteiger partial charge in [-0.1, -0.05) is 31.9 Å². The minimum Gasteiger partial charge on any atom is -0.394 e. The lowest BCUT2D eigenvalue weighted by atomic mass is 9.75. The SMILES string of the molecule is CC1CCCC(CO)(N2C(=O)C3CC=CCC3C2=O)C1. The molecule has 3 rings (SSSR count). The Morgan fingerprint density at radius 3 is 2.35 bits per heavy atom. The van der Waals surface area contributed by atoms with Crippen LogP contribution in [0, 0.1) is 17.8 Å². The first-order valence-corrected chi connectivity index (χ1v) is 7.73. The molecule has 3 aliphatic rings. The Hall–Kier alpha value is -1.16. The van der Waals surface area contributed by atoms with Crippen LogP contribution in [0.3, 0.4) is 0 Å². The molecule has 4 heteroatoms. The summed E-state index contributed by atoms with van der Waals surface area (Å²) < 4.78 is 0. The minimum atomic E-state index is -0.636. The molecule has 1 aliphatic heterocycles. The van der Waals surface area contributed by atoms with E-state index in [1.54, 1.807) is 0 Å². The first kappa shape index (κ1) is 13.8. The normalized spacial score (nSPS) is 41.1. The number of amides is 2. The Morgan fingerprint density at radius 1 is 1.25 bits per heavy atom. The van der Waals surface area contributed by atoms with Gasteiger partial charge in [0.2, 0.25) is 11.8 Å². The number of likely N-dealkylation sites (tertiary alicyclic amines) is 1. The van der Waals surface area contributed by atoms with E-state index in [0.717, 1.165) is 25.7 Å². The summed E-state index contributed by atoms with van der Waals surface area (Å²) in [7, 11) is 0. The number of hydrogen-bond acceptors (Lipinski definition) is 3. The van der Waals surface area contributed by atoms with Gasteiger partial charge in [0.1, 0.15) is 0 Å². The van der Waals surface area contributed by atoms with Crippen molar-refractivity contribution in [3.05, 3.63) is 12.2 Å². The van der Waals surface area contributed by atoms with Gasteiger partial charge >= 0.3 is 0 Å². The Bertz CT molecular complexity index is 433. The number of carbonyl (C=O) groups is 2. The molecular weight excluding hydrogens is 254 g/mol. The van der Waals surface area contributed by atoms with Crippen molar-refractivity contribution in [1.82, 2.24) is 4.90 Å². The molecule has 0 aromatic carbocycles. The van der Waals surface area contributed by atoms with Crippen LogP contribution in [0.5, 0.6) is 0 Å². The zero-order chi connectivity index (χ0) is 14.3. The zero-order valence-corrected chi connectivity index (χ0v) is 12.0. The summed E-state index contributed by atoms with van der Waals surface area (Å²) in [5.41, 5.74) is -0.636. The molecule has 0 aromatic rings. The van der Waals surface area contributed by atoms with Gasteiger partial charge in [0.05, 0.1) is 24.0 Å². The summed E-state index contributed by atoms with van der Waals surface area (Å²) in [6.07, 6.45) is 8.94. The standard InChI is InChI=1S/C16H23NO3/c1-11-5-4-8-16(9-11,10-18)17-14(19)12-6-2-3-7-13(12)15(17)20/h2-3,11-13,18H,4-10H2,1H3. The quantitative estimate of drug-likeness (QED) is 0.619. The average Bonchev–Trinajstić information content (AvgIpc) is 2.72. The van der Waals surface area contributed by atoms with E-state index in [4.69, 9.17) is 0 Å². The molecule has 4 nitrogen and oxygen atoms in total. The highest BCUT2D eigenvalue weighted by atomic mass is 16.3. The molecule has 4 unspecified atom stereocenters. The van der Waals surface area contributed by atoms with Gasteiger partial charge in [0.25, 0.3) is 0 Å². The van der Waals surface area contributed by atoms with Crippen LogP contribution >= 0.6 is 0 Å². The molecule has 0 bridgehead atoms. The van der Waals surface area contributed by atoms with Gasteiger partial charge in [-0.2, -0.15) is 0 Å². The van der Waals surface area contributed by atoms with E-state index in [0.29, 0.717) is 18.8 Å². The summed E-state index contributed by atoms with van der Waals surface area (Å²) in [5.74, 6) is -0.0152. The second-order valence-corrected chi connectivity index (χ2v) is 6.75. The van der Waals surface area contributed by atoms with Gasteiger partial charge in [-0.05, 0) is 31.6 Å². The maximum Gasteiger partial charge on any atom is 0.234 e. The summed E-state index contributed by atoms with van der Waals surface area (Å²) >= 11 is 0. The van der Waals surface area contributed by atoms with Gasteiger partial charge < -0.3 is 5.11 Å². The third kappa shape index (κ3) is 1.93. The van der Waals surface area contributed by atoms with Crippen LogP contribution < -0.4 is 0 Å². The highest BCUT2D eigenvalue weighted by Crippen LogP contribution is 2.44. The number of hydrogen-bond donors (Lipinski definition) is 1. The van der Waals surface area contributed by atoms with E-state index in [1.807, 2.05) is 12.2 Å². The lowest BCUT2D eigenvalue weighted by molar-refractivity contribution is -0.152. The number of aliphatic hydroxyl groups excluding tert-OH is 1. The molecule has 0 radical (unpaired) electrons. The Labute approximate surface area is 119 Å². The number of nitrogens with zero attached hydrogens (tertiary/aromatic N) is 1. The summed E-state index contributed by atoms with van der Waals surface area (Å²) in [4.78, 5) is 26.8. The van der Waals surface area contributed by atoms with Crippen molar-refractivity contribution < 1.29 is 14.7 Å². The molecular formula is C16H23NO3. The van der Waals surface area contributed by atoms with Crippen molar-refractivity contribution in [3.8, 4) is 0 Å². The Kier molecular flexibility index (Phi) is 3.44. The van der Waals surface area contributed by atoms with E-state index in [-0.39, 0.29) is 30.3 Å². The number of allylic oxidation sites excluding steroid dienone is 2. The monoisotopic (exact) mass is 277 g/mol. The van der Waals surface area contributed by atoms with Gasteiger partial charge in [0, 0.05) is 0 Å². The molecule has 110 valence electrons. The summed E-state index contributed by atoms with van der Waals surface area (Å²) in [6, 6.07) is 0. The molecule has 1 heterocycles. The van der Waals surface area contributed by atoms with Crippen LogP contribution in [-0.4, -0.2) is 34.0 Å². The molecule has 4 atom stereocenters.